The summed E-state index contributed by atoms with van der Waals surface area (Å²) in [5.41, 5.74) is 6.38. The third kappa shape index (κ3) is 2.88. The Kier molecular flexibility index (Phi) is 3.70. The number of hydrogen-bond donors (Lipinski definition) is 2. The highest BCUT2D eigenvalue weighted by Gasteiger charge is 2.05. The molecule has 6 heteroatoms. The van der Waals surface area contributed by atoms with Gasteiger partial charge in [0.2, 0.25) is 0 Å². The van der Waals surface area contributed by atoms with Gasteiger partial charge in [0.05, 0.1) is 5.69 Å². The molecule has 78 valence electrons. The molecule has 0 saturated carbocycles. The first kappa shape index (κ1) is 10.8. The number of nitrogens with two attached hydrogens (primary N) is 1. The summed E-state index contributed by atoms with van der Waals surface area (Å²) in [6.45, 7) is 2.65. The van der Waals surface area contributed by atoms with E-state index in [1.54, 1.807) is 11.3 Å². The number of aromatic nitrogens is 1. The lowest BCUT2D eigenvalue weighted by Gasteiger charge is -2.14. The minimum Gasteiger partial charge on any atom is -0.409 e. The standard InChI is InChI=1S/C8H14N4OS/c1-6-5-14-8(10-6)12(2)4-3-7(9)11-13/h5,13H,3-4H2,1-2H3,(H2,9,11). The molecule has 0 saturated heterocycles. The van der Waals surface area contributed by atoms with Crippen molar-refractivity contribution in [2.75, 3.05) is 18.5 Å². The predicted molar refractivity (Wildman–Crippen MR) is 58.1 cm³/mol. The van der Waals surface area contributed by atoms with E-state index >= 15 is 0 Å². The van der Waals surface area contributed by atoms with Crippen molar-refractivity contribution in [3.63, 3.8) is 0 Å². The molecule has 1 rings (SSSR count). The first-order chi connectivity index (χ1) is 6.63. The fourth-order valence-electron chi connectivity index (χ4n) is 0.945. The van der Waals surface area contributed by atoms with Gasteiger partial charge in [-0.3, -0.25) is 0 Å². The van der Waals surface area contributed by atoms with Crippen molar-refractivity contribution in [1.82, 2.24) is 4.98 Å². The molecule has 0 aliphatic rings. The largest absolute Gasteiger partial charge is 0.409 e. The van der Waals surface area contributed by atoms with Crippen molar-refractivity contribution in [3.05, 3.63) is 11.1 Å². The highest BCUT2D eigenvalue weighted by molar-refractivity contribution is 7.13. The minimum atomic E-state index is 0.241. The third-order valence-corrected chi connectivity index (χ3v) is 2.84. The molecule has 0 aliphatic carbocycles. The Balaban J connectivity index is 2.47. The quantitative estimate of drug-likeness (QED) is 0.340. The maximum Gasteiger partial charge on any atom is 0.185 e. The summed E-state index contributed by atoms with van der Waals surface area (Å²) in [4.78, 5) is 6.30. The molecule has 14 heavy (non-hydrogen) atoms. The fourth-order valence-corrected chi connectivity index (χ4v) is 1.74. The van der Waals surface area contributed by atoms with Crippen LogP contribution in [0.5, 0.6) is 0 Å². The predicted octanol–water partition coefficient (Wildman–Crippen LogP) is 1.02. The molecule has 5 nitrogen and oxygen atoms in total. The van der Waals surface area contributed by atoms with Crippen molar-refractivity contribution in [2.24, 2.45) is 10.9 Å². The van der Waals surface area contributed by atoms with Gasteiger partial charge in [0.1, 0.15) is 5.84 Å². The topological polar surface area (TPSA) is 74.7 Å². The lowest BCUT2D eigenvalue weighted by molar-refractivity contribution is 0.317. The SMILES string of the molecule is Cc1csc(N(C)CC/C(N)=N/O)n1. The average Bonchev–Trinajstić information content (AvgIpc) is 2.60. The van der Waals surface area contributed by atoms with Crippen LogP contribution in [0, 0.1) is 6.92 Å². The molecule has 0 aromatic carbocycles. The zero-order valence-electron chi connectivity index (χ0n) is 8.27. The maximum absolute atomic E-state index is 8.35. The van der Waals surface area contributed by atoms with E-state index in [0.717, 1.165) is 10.8 Å². The van der Waals surface area contributed by atoms with Crippen LogP contribution in [0.15, 0.2) is 10.5 Å². The van der Waals surface area contributed by atoms with E-state index in [-0.39, 0.29) is 5.84 Å². The first-order valence-corrected chi connectivity index (χ1v) is 5.11. The van der Waals surface area contributed by atoms with E-state index < -0.39 is 0 Å². The molecule has 0 atom stereocenters. The van der Waals surface area contributed by atoms with Gasteiger partial charge < -0.3 is 15.8 Å². The van der Waals surface area contributed by atoms with Gasteiger partial charge in [0, 0.05) is 25.4 Å². The maximum atomic E-state index is 8.35. The summed E-state index contributed by atoms with van der Waals surface area (Å²) >= 11 is 1.59. The second-order valence-corrected chi connectivity index (χ2v) is 3.87. The number of hydrogen-bond acceptors (Lipinski definition) is 5. The van der Waals surface area contributed by atoms with Crippen molar-refractivity contribution >= 4 is 22.3 Å². The van der Waals surface area contributed by atoms with Gasteiger partial charge >= 0.3 is 0 Å². The van der Waals surface area contributed by atoms with Gasteiger partial charge in [0.25, 0.3) is 0 Å². The second-order valence-electron chi connectivity index (χ2n) is 3.03. The van der Waals surface area contributed by atoms with E-state index in [1.165, 1.54) is 0 Å². The van der Waals surface area contributed by atoms with E-state index in [2.05, 4.69) is 10.1 Å². The molecule has 0 fully saturated rings. The van der Waals surface area contributed by atoms with Crippen LogP contribution in [-0.4, -0.2) is 29.6 Å². The number of rotatable bonds is 4. The van der Waals surface area contributed by atoms with Crippen LogP contribution in [0.25, 0.3) is 0 Å². The summed E-state index contributed by atoms with van der Waals surface area (Å²) in [6.07, 6.45) is 0.533. The lowest BCUT2D eigenvalue weighted by atomic mass is 10.4. The molecule has 0 radical (unpaired) electrons. The molecule has 0 aliphatic heterocycles. The van der Waals surface area contributed by atoms with Crippen LogP contribution in [0.3, 0.4) is 0 Å². The molecule has 0 spiro atoms. The zero-order valence-corrected chi connectivity index (χ0v) is 9.08. The summed E-state index contributed by atoms with van der Waals surface area (Å²) in [6, 6.07) is 0. The van der Waals surface area contributed by atoms with Gasteiger partial charge in [-0.25, -0.2) is 4.98 Å². The molecule has 3 N–H and O–H groups in total. The van der Waals surface area contributed by atoms with Gasteiger partial charge in [0.15, 0.2) is 5.13 Å². The number of anilines is 1. The lowest BCUT2D eigenvalue weighted by Crippen LogP contribution is -2.24. The van der Waals surface area contributed by atoms with Crippen LogP contribution in [-0.2, 0) is 0 Å². The van der Waals surface area contributed by atoms with Crippen LogP contribution >= 0.6 is 11.3 Å². The number of thiazole rings is 1. The van der Waals surface area contributed by atoms with Crippen LogP contribution in [0.2, 0.25) is 0 Å². The Labute approximate surface area is 86.9 Å². The van der Waals surface area contributed by atoms with Crippen LogP contribution in [0.1, 0.15) is 12.1 Å². The summed E-state index contributed by atoms with van der Waals surface area (Å²) in [5, 5.41) is 14.2. The summed E-state index contributed by atoms with van der Waals surface area (Å²) < 4.78 is 0. The Hall–Kier alpha value is -1.30. The van der Waals surface area contributed by atoms with Crippen molar-refractivity contribution in [2.45, 2.75) is 13.3 Å². The molecule has 1 aromatic heterocycles. The molecular weight excluding hydrogens is 200 g/mol. The molecule has 1 aromatic rings. The van der Waals surface area contributed by atoms with E-state index in [0.29, 0.717) is 13.0 Å². The van der Waals surface area contributed by atoms with Crippen molar-refractivity contribution < 1.29 is 5.21 Å². The van der Waals surface area contributed by atoms with E-state index in [9.17, 15) is 0 Å². The van der Waals surface area contributed by atoms with Crippen molar-refractivity contribution in [3.8, 4) is 0 Å². The highest BCUT2D eigenvalue weighted by Crippen LogP contribution is 2.18. The number of aryl methyl sites for hydroxylation is 1. The Morgan fingerprint density at radius 1 is 1.79 bits per heavy atom. The molecule has 0 amide bonds. The average molecular weight is 214 g/mol. The Bertz CT molecular complexity index is 323. The smallest absolute Gasteiger partial charge is 0.185 e. The third-order valence-electron chi connectivity index (χ3n) is 1.77. The first-order valence-electron chi connectivity index (χ1n) is 4.23. The highest BCUT2D eigenvalue weighted by atomic mass is 32.1. The van der Waals surface area contributed by atoms with Crippen LogP contribution in [0.4, 0.5) is 5.13 Å². The van der Waals surface area contributed by atoms with Crippen LogP contribution < -0.4 is 10.6 Å². The van der Waals surface area contributed by atoms with E-state index in [4.69, 9.17) is 10.9 Å². The van der Waals surface area contributed by atoms with Gasteiger partial charge in [-0.05, 0) is 6.92 Å². The Morgan fingerprint density at radius 2 is 2.50 bits per heavy atom. The molecule has 0 unspecified atom stereocenters. The van der Waals surface area contributed by atoms with Crippen molar-refractivity contribution in [1.29, 1.82) is 0 Å². The Morgan fingerprint density at radius 3 is 3.00 bits per heavy atom. The zero-order chi connectivity index (χ0) is 10.6. The summed E-state index contributed by atoms with van der Waals surface area (Å²) in [5.74, 6) is 0.241. The molecular formula is C8H14N4OS. The van der Waals surface area contributed by atoms with Gasteiger partial charge in [-0.15, -0.1) is 11.3 Å². The molecule has 1 heterocycles. The number of nitrogens with zero attached hydrogens (tertiary/aromatic N) is 3. The number of oxime groups is 1. The minimum absolute atomic E-state index is 0.241. The van der Waals surface area contributed by atoms with Gasteiger partial charge in [-0.1, -0.05) is 5.16 Å². The fraction of sp³-hybridized carbons (Fsp3) is 0.500. The second kappa shape index (κ2) is 4.80. The van der Waals surface area contributed by atoms with E-state index in [1.807, 2.05) is 24.3 Å². The number of amidine groups is 1. The molecule has 0 bridgehead atoms. The van der Waals surface area contributed by atoms with Gasteiger partial charge in [-0.2, -0.15) is 0 Å². The normalized spacial score (nSPS) is 11.7. The monoisotopic (exact) mass is 214 g/mol. The summed E-state index contributed by atoms with van der Waals surface area (Å²) in [7, 11) is 1.93.